The lowest BCUT2D eigenvalue weighted by Gasteiger charge is -2.29. The summed E-state index contributed by atoms with van der Waals surface area (Å²) in [5.74, 6) is -0.358. The molecular weight excluding hydrogens is 148 g/mol. The Hall–Kier alpha value is -0.610. The quantitative estimate of drug-likeness (QED) is 0.389. The van der Waals surface area contributed by atoms with Crippen molar-refractivity contribution in [3.05, 3.63) is 0 Å². The Balaban J connectivity index is 2.62. The van der Waals surface area contributed by atoms with Crippen LogP contribution in [-0.4, -0.2) is 18.9 Å². The van der Waals surface area contributed by atoms with E-state index in [1.165, 1.54) is 0 Å². The maximum Gasteiger partial charge on any atom is 0.341 e. The van der Waals surface area contributed by atoms with Crippen LogP contribution >= 0.6 is 0 Å². The monoisotopic (exact) mass is 160 g/mol. The lowest BCUT2D eigenvalue weighted by Crippen LogP contribution is -2.42. The van der Waals surface area contributed by atoms with Crippen LogP contribution in [0.3, 0.4) is 0 Å². The van der Waals surface area contributed by atoms with Crippen molar-refractivity contribution >= 4 is 5.97 Å². The van der Waals surface area contributed by atoms with Crippen LogP contribution in [0.25, 0.3) is 0 Å². The van der Waals surface area contributed by atoms with Crippen LogP contribution in [0.5, 0.6) is 0 Å². The predicted octanol–water partition coefficient (Wildman–Crippen LogP) is 0.864. The van der Waals surface area contributed by atoms with E-state index in [1.807, 2.05) is 20.8 Å². The summed E-state index contributed by atoms with van der Waals surface area (Å²) in [5, 5.41) is 0. The lowest BCUT2D eigenvalue weighted by atomic mass is 9.89. The summed E-state index contributed by atoms with van der Waals surface area (Å²) < 4.78 is 4.63. The average molecular weight is 160 g/mol. The van der Waals surface area contributed by atoms with Crippen LogP contribution in [-0.2, 0) is 19.3 Å². The lowest BCUT2D eigenvalue weighted by molar-refractivity contribution is -0.389. The highest BCUT2D eigenvalue weighted by Crippen LogP contribution is 2.25. The van der Waals surface area contributed by atoms with E-state index in [4.69, 9.17) is 4.89 Å². The second kappa shape index (κ2) is 2.79. The molecule has 1 fully saturated rings. The minimum atomic E-state index is -0.615. The Bertz CT molecular complexity index is 158. The van der Waals surface area contributed by atoms with Gasteiger partial charge < -0.3 is 4.74 Å². The second-order valence-electron chi connectivity index (χ2n) is 3.54. The van der Waals surface area contributed by atoms with Gasteiger partial charge in [0.05, 0.1) is 0 Å². The Kier molecular flexibility index (Phi) is 2.15. The maximum absolute atomic E-state index is 11.0. The number of esters is 1. The van der Waals surface area contributed by atoms with E-state index in [2.05, 4.69) is 9.62 Å². The van der Waals surface area contributed by atoms with E-state index >= 15 is 0 Å². The molecule has 64 valence electrons. The number of ether oxygens (including phenoxy) is 1. The molecule has 1 rings (SSSR count). The van der Waals surface area contributed by atoms with Gasteiger partial charge >= 0.3 is 5.97 Å². The molecule has 0 amide bonds. The molecule has 0 aromatic rings. The molecule has 1 aliphatic heterocycles. The highest BCUT2D eigenvalue weighted by atomic mass is 17.2. The molecule has 0 aliphatic carbocycles. The predicted molar refractivity (Wildman–Crippen MR) is 36.4 cm³/mol. The summed E-state index contributed by atoms with van der Waals surface area (Å²) in [6.45, 7) is 5.54. The number of cyclic esters (lactones) is 1. The van der Waals surface area contributed by atoms with Gasteiger partial charge in [-0.2, -0.15) is 4.89 Å². The number of hydrogen-bond acceptors (Lipinski definition) is 4. The van der Waals surface area contributed by atoms with Crippen LogP contribution in [0.1, 0.15) is 20.8 Å². The highest BCUT2D eigenvalue weighted by Gasteiger charge is 2.37. The van der Waals surface area contributed by atoms with Gasteiger partial charge in [0.2, 0.25) is 6.79 Å². The van der Waals surface area contributed by atoms with Crippen LogP contribution in [0.2, 0.25) is 0 Å². The van der Waals surface area contributed by atoms with Gasteiger partial charge in [0, 0.05) is 5.41 Å². The van der Waals surface area contributed by atoms with Crippen LogP contribution in [0, 0.1) is 5.41 Å². The molecule has 4 heteroatoms. The Morgan fingerprint density at radius 3 is 2.45 bits per heavy atom. The van der Waals surface area contributed by atoms with Gasteiger partial charge in [-0.3, -0.25) is 0 Å². The smallest absolute Gasteiger partial charge is 0.341 e. The Labute approximate surface area is 65.4 Å². The third-order valence-electron chi connectivity index (χ3n) is 1.41. The van der Waals surface area contributed by atoms with Crippen molar-refractivity contribution in [2.75, 3.05) is 6.79 Å². The molecule has 11 heavy (non-hydrogen) atoms. The molecular formula is C7H12O4. The van der Waals surface area contributed by atoms with Crippen LogP contribution in [0.15, 0.2) is 0 Å². The number of carbonyl (C=O) groups excluding carboxylic acids is 1. The molecule has 4 nitrogen and oxygen atoms in total. The molecule has 0 saturated carbocycles. The third kappa shape index (κ3) is 1.91. The van der Waals surface area contributed by atoms with Crippen molar-refractivity contribution in [1.82, 2.24) is 0 Å². The third-order valence-corrected chi connectivity index (χ3v) is 1.41. The summed E-state index contributed by atoms with van der Waals surface area (Å²) in [4.78, 5) is 20.3. The molecule has 0 bridgehead atoms. The zero-order chi connectivity index (χ0) is 8.48. The molecule has 1 saturated heterocycles. The van der Waals surface area contributed by atoms with Crippen molar-refractivity contribution < 1.29 is 19.3 Å². The first kappa shape index (κ1) is 8.49. The maximum atomic E-state index is 11.0. The molecule has 1 atom stereocenters. The van der Waals surface area contributed by atoms with Crippen molar-refractivity contribution in [2.45, 2.75) is 26.9 Å². The van der Waals surface area contributed by atoms with E-state index in [0.29, 0.717) is 0 Å². The van der Waals surface area contributed by atoms with Gasteiger partial charge in [0.15, 0.2) is 6.10 Å². The van der Waals surface area contributed by atoms with Crippen LogP contribution < -0.4 is 0 Å². The van der Waals surface area contributed by atoms with Crippen LogP contribution in [0.4, 0.5) is 0 Å². The summed E-state index contributed by atoms with van der Waals surface area (Å²) in [5.41, 5.74) is -0.280. The average Bonchev–Trinajstić information content (AvgIpc) is 1.86. The summed E-state index contributed by atoms with van der Waals surface area (Å²) in [6.07, 6.45) is -0.615. The number of rotatable bonds is 0. The van der Waals surface area contributed by atoms with E-state index in [1.54, 1.807) is 0 Å². The van der Waals surface area contributed by atoms with Crippen molar-refractivity contribution in [1.29, 1.82) is 0 Å². The first-order chi connectivity index (χ1) is 5.02. The molecule has 1 aliphatic rings. The van der Waals surface area contributed by atoms with Gasteiger partial charge in [-0.25, -0.2) is 9.68 Å². The minimum absolute atomic E-state index is 0.106. The van der Waals surface area contributed by atoms with E-state index in [9.17, 15) is 4.79 Å². The van der Waals surface area contributed by atoms with E-state index in [0.717, 1.165) is 0 Å². The fraction of sp³-hybridized carbons (Fsp3) is 0.857. The zero-order valence-electron chi connectivity index (χ0n) is 6.92. The standard InChI is InChI=1S/C7H12O4/c1-7(2,3)5-6(8)9-4-10-11-5/h5H,4H2,1-3H3. The highest BCUT2D eigenvalue weighted by molar-refractivity contribution is 5.75. The summed E-state index contributed by atoms with van der Waals surface area (Å²) in [7, 11) is 0. The van der Waals surface area contributed by atoms with E-state index in [-0.39, 0.29) is 18.2 Å². The number of hydrogen-bond donors (Lipinski definition) is 0. The fourth-order valence-corrected chi connectivity index (χ4v) is 0.791. The van der Waals surface area contributed by atoms with Crippen molar-refractivity contribution in [3.8, 4) is 0 Å². The van der Waals surface area contributed by atoms with Gasteiger partial charge in [-0.15, -0.1) is 0 Å². The SMILES string of the molecule is CC(C)(C)C1OOCOC1=O. The molecule has 0 radical (unpaired) electrons. The van der Waals surface area contributed by atoms with Gasteiger partial charge in [0.25, 0.3) is 0 Å². The first-order valence-electron chi connectivity index (χ1n) is 3.47. The van der Waals surface area contributed by atoms with Gasteiger partial charge in [0.1, 0.15) is 0 Å². The molecule has 0 aromatic carbocycles. The Morgan fingerprint density at radius 1 is 1.45 bits per heavy atom. The molecule has 0 aromatic heterocycles. The fourth-order valence-electron chi connectivity index (χ4n) is 0.791. The molecule has 0 spiro atoms. The summed E-state index contributed by atoms with van der Waals surface area (Å²) >= 11 is 0. The zero-order valence-corrected chi connectivity index (χ0v) is 6.92. The van der Waals surface area contributed by atoms with Gasteiger partial charge in [-0.1, -0.05) is 20.8 Å². The normalized spacial score (nSPS) is 26.5. The summed E-state index contributed by atoms with van der Waals surface area (Å²) in [6, 6.07) is 0. The molecule has 1 heterocycles. The molecule has 1 unspecified atom stereocenters. The van der Waals surface area contributed by atoms with Crippen molar-refractivity contribution in [2.24, 2.45) is 5.41 Å². The molecule has 0 N–H and O–H groups in total. The van der Waals surface area contributed by atoms with Crippen molar-refractivity contribution in [3.63, 3.8) is 0 Å². The first-order valence-corrected chi connectivity index (χ1v) is 3.47. The Morgan fingerprint density at radius 2 is 2.09 bits per heavy atom. The minimum Gasteiger partial charge on any atom is -0.433 e. The second-order valence-corrected chi connectivity index (χ2v) is 3.54. The van der Waals surface area contributed by atoms with Gasteiger partial charge in [-0.05, 0) is 0 Å². The van der Waals surface area contributed by atoms with E-state index < -0.39 is 6.10 Å². The largest absolute Gasteiger partial charge is 0.433 e. The number of carbonyl (C=O) groups is 1. The topological polar surface area (TPSA) is 44.8 Å².